The fraction of sp³-hybridized carbons (Fsp3) is 0.500. The lowest BCUT2D eigenvalue weighted by Crippen LogP contribution is -2.34. The second-order valence-electron chi connectivity index (χ2n) is 5.83. The van der Waals surface area contributed by atoms with Crippen molar-refractivity contribution in [2.24, 2.45) is 11.3 Å². The number of nitrogens with two attached hydrogens (primary N) is 1. The fourth-order valence-corrected chi connectivity index (χ4v) is 1.42. The minimum atomic E-state index is -0.887. The van der Waals surface area contributed by atoms with Crippen LogP contribution in [0.15, 0.2) is 12.1 Å². The summed E-state index contributed by atoms with van der Waals surface area (Å²) in [4.78, 5) is 11.8. The molecule has 0 saturated carbocycles. The molecule has 3 N–H and O–H groups in total. The number of benzene rings is 1. The van der Waals surface area contributed by atoms with Gasteiger partial charge in [0.25, 0.3) is 5.91 Å². The van der Waals surface area contributed by atoms with Gasteiger partial charge in [-0.1, -0.05) is 27.7 Å². The second kappa shape index (κ2) is 5.55. The SMILES string of the molecule is CC(CNC(=O)c1cc(F)cc(N)c1F)C(C)(C)C. The average Bonchev–Trinajstić information content (AvgIpc) is 2.28. The summed E-state index contributed by atoms with van der Waals surface area (Å²) in [5, 5.41) is 2.60. The molecule has 1 amide bonds. The van der Waals surface area contributed by atoms with Gasteiger partial charge in [0, 0.05) is 6.54 Å². The maximum atomic E-state index is 13.6. The lowest BCUT2D eigenvalue weighted by molar-refractivity contribution is 0.0932. The Labute approximate surface area is 112 Å². The molecular weight excluding hydrogens is 250 g/mol. The Morgan fingerprint density at radius 2 is 1.95 bits per heavy atom. The number of anilines is 1. The first-order valence-corrected chi connectivity index (χ1v) is 6.15. The molecule has 1 rings (SSSR count). The van der Waals surface area contributed by atoms with E-state index in [4.69, 9.17) is 5.73 Å². The van der Waals surface area contributed by atoms with E-state index in [0.29, 0.717) is 6.54 Å². The van der Waals surface area contributed by atoms with Crippen molar-refractivity contribution < 1.29 is 13.6 Å². The predicted molar refractivity (Wildman–Crippen MR) is 71.7 cm³/mol. The zero-order chi connectivity index (χ0) is 14.8. The first-order valence-electron chi connectivity index (χ1n) is 6.15. The van der Waals surface area contributed by atoms with Gasteiger partial charge in [-0.15, -0.1) is 0 Å². The van der Waals surface area contributed by atoms with Crippen molar-refractivity contribution in [2.45, 2.75) is 27.7 Å². The molecule has 5 heteroatoms. The Kier molecular flexibility index (Phi) is 4.50. The van der Waals surface area contributed by atoms with Crippen LogP contribution in [-0.4, -0.2) is 12.5 Å². The first-order chi connectivity index (χ1) is 8.62. The van der Waals surface area contributed by atoms with Crippen LogP contribution >= 0.6 is 0 Å². The molecule has 0 aromatic heterocycles. The minimum absolute atomic E-state index is 0.0206. The van der Waals surface area contributed by atoms with Gasteiger partial charge in [0.15, 0.2) is 5.82 Å². The van der Waals surface area contributed by atoms with E-state index in [1.807, 2.05) is 27.7 Å². The summed E-state index contributed by atoms with van der Waals surface area (Å²) >= 11 is 0. The fourth-order valence-electron chi connectivity index (χ4n) is 1.42. The average molecular weight is 270 g/mol. The molecular formula is C14H20F2N2O. The monoisotopic (exact) mass is 270 g/mol. The number of hydrogen-bond donors (Lipinski definition) is 2. The van der Waals surface area contributed by atoms with E-state index in [1.165, 1.54) is 0 Å². The van der Waals surface area contributed by atoms with E-state index in [0.717, 1.165) is 12.1 Å². The number of rotatable bonds is 3. The maximum absolute atomic E-state index is 13.6. The van der Waals surface area contributed by atoms with Crippen molar-refractivity contribution in [3.8, 4) is 0 Å². The number of carbonyl (C=O) groups is 1. The first kappa shape index (κ1) is 15.4. The number of nitrogens with one attached hydrogen (secondary N) is 1. The third kappa shape index (κ3) is 3.91. The van der Waals surface area contributed by atoms with Crippen LogP contribution in [0, 0.1) is 23.0 Å². The van der Waals surface area contributed by atoms with Gasteiger partial charge in [0.2, 0.25) is 0 Å². The van der Waals surface area contributed by atoms with E-state index in [9.17, 15) is 13.6 Å². The predicted octanol–water partition coefficient (Wildman–Crippen LogP) is 2.96. The van der Waals surface area contributed by atoms with Crippen molar-refractivity contribution in [1.29, 1.82) is 0 Å². The smallest absolute Gasteiger partial charge is 0.254 e. The Morgan fingerprint density at radius 3 is 2.47 bits per heavy atom. The summed E-state index contributed by atoms with van der Waals surface area (Å²) in [7, 11) is 0. The summed E-state index contributed by atoms with van der Waals surface area (Å²) in [5.41, 5.74) is 4.58. The molecule has 1 aromatic carbocycles. The van der Waals surface area contributed by atoms with Crippen LogP contribution in [0.5, 0.6) is 0 Å². The van der Waals surface area contributed by atoms with E-state index in [1.54, 1.807) is 0 Å². The van der Waals surface area contributed by atoms with E-state index < -0.39 is 17.5 Å². The highest BCUT2D eigenvalue weighted by molar-refractivity contribution is 5.95. The van der Waals surface area contributed by atoms with Gasteiger partial charge in [-0.05, 0) is 23.5 Å². The van der Waals surface area contributed by atoms with Crippen molar-refractivity contribution in [3.05, 3.63) is 29.3 Å². The lowest BCUT2D eigenvalue weighted by atomic mass is 9.82. The van der Waals surface area contributed by atoms with Crippen molar-refractivity contribution >= 4 is 11.6 Å². The van der Waals surface area contributed by atoms with Crippen LogP contribution in [0.4, 0.5) is 14.5 Å². The Bertz CT molecular complexity index is 481. The second-order valence-corrected chi connectivity index (χ2v) is 5.83. The third-order valence-electron chi connectivity index (χ3n) is 3.36. The Balaban J connectivity index is 2.80. The topological polar surface area (TPSA) is 55.1 Å². The Morgan fingerprint density at radius 1 is 1.37 bits per heavy atom. The largest absolute Gasteiger partial charge is 0.396 e. The third-order valence-corrected chi connectivity index (χ3v) is 3.36. The molecule has 1 atom stereocenters. The molecule has 3 nitrogen and oxygen atoms in total. The van der Waals surface area contributed by atoms with Crippen molar-refractivity contribution in [1.82, 2.24) is 5.32 Å². The molecule has 0 heterocycles. The van der Waals surface area contributed by atoms with Gasteiger partial charge in [-0.2, -0.15) is 0 Å². The van der Waals surface area contributed by atoms with E-state index in [-0.39, 0.29) is 22.6 Å². The van der Waals surface area contributed by atoms with Crippen LogP contribution in [0.2, 0.25) is 0 Å². The molecule has 0 fully saturated rings. The quantitative estimate of drug-likeness (QED) is 0.830. The van der Waals surface area contributed by atoms with Crippen molar-refractivity contribution in [3.63, 3.8) is 0 Å². The van der Waals surface area contributed by atoms with Crippen LogP contribution < -0.4 is 11.1 Å². The van der Waals surface area contributed by atoms with Gasteiger partial charge < -0.3 is 11.1 Å². The number of nitrogen functional groups attached to an aromatic ring is 1. The molecule has 0 aliphatic carbocycles. The van der Waals surface area contributed by atoms with Gasteiger partial charge >= 0.3 is 0 Å². The highest BCUT2D eigenvalue weighted by Crippen LogP contribution is 2.24. The molecule has 0 aliphatic rings. The number of carbonyl (C=O) groups excluding carboxylic acids is 1. The van der Waals surface area contributed by atoms with Gasteiger partial charge in [0.1, 0.15) is 5.82 Å². The van der Waals surface area contributed by atoms with Crippen LogP contribution in [0.3, 0.4) is 0 Å². The Hall–Kier alpha value is -1.65. The molecule has 0 spiro atoms. The summed E-state index contributed by atoms with van der Waals surface area (Å²) in [6.45, 7) is 8.51. The molecule has 1 aromatic rings. The molecule has 19 heavy (non-hydrogen) atoms. The zero-order valence-corrected chi connectivity index (χ0v) is 11.7. The normalized spacial score (nSPS) is 13.2. The number of amides is 1. The highest BCUT2D eigenvalue weighted by atomic mass is 19.1. The zero-order valence-electron chi connectivity index (χ0n) is 11.7. The summed E-state index contributed by atoms with van der Waals surface area (Å²) < 4.78 is 26.8. The summed E-state index contributed by atoms with van der Waals surface area (Å²) in [6.07, 6.45) is 0. The van der Waals surface area contributed by atoms with Gasteiger partial charge in [-0.3, -0.25) is 4.79 Å². The molecule has 0 radical (unpaired) electrons. The number of hydrogen-bond acceptors (Lipinski definition) is 2. The summed E-state index contributed by atoms with van der Waals surface area (Å²) in [5.74, 6) is -2.07. The number of halogens is 2. The van der Waals surface area contributed by atoms with Crippen LogP contribution in [0.25, 0.3) is 0 Å². The van der Waals surface area contributed by atoms with Gasteiger partial charge in [0.05, 0.1) is 11.3 Å². The molecule has 0 bridgehead atoms. The van der Waals surface area contributed by atoms with Gasteiger partial charge in [-0.25, -0.2) is 8.78 Å². The maximum Gasteiger partial charge on any atom is 0.254 e. The van der Waals surface area contributed by atoms with Crippen LogP contribution in [0.1, 0.15) is 38.1 Å². The van der Waals surface area contributed by atoms with Crippen molar-refractivity contribution in [2.75, 3.05) is 12.3 Å². The molecule has 106 valence electrons. The summed E-state index contributed by atoms with van der Waals surface area (Å²) in [6, 6.07) is 1.70. The van der Waals surface area contributed by atoms with E-state index in [2.05, 4.69) is 5.32 Å². The molecule has 0 aliphatic heterocycles. The van der Waals surface area contributed by atoms with E-state index >= 15 is 0 Å². The lowest BCUT2D eigenvalue weighted by Gasteiger charge is -2.27. The highest BCUT2D eigenvalue weighted by Gasteiger charge is 2.22. The molecule has 0 saturated heterocycles. The molecule has 1 unspecified atom stereocenters. The minimum Gasteiger partial charge on any atom is -0.396 e. The van der Waals surface area contributed by atoms with Crippen LogP contribution in [-0.2, 0) is 0 Å². The standard InChI is InChI=1S/C14H20F2N2O/c1-8(14(2,3)4)7-18-13(19)10-5-9(15)6-11(17)12(10)16/h5-6,8H,7,17H2,1-4H3,(H,18,19).